The number of nitrogens with two attached hydrogens (primary N) is 1. The zero-order valence-electron chi connectivity index (χ0n) is 11.2. The quantitative estimate of drug-likeness (QED) is 0.671. The fourth-order valence-electron chi connectivity index (χ4n) is 2.17. The number of nitrogens with zero attached hydrogens (tertiary/aromatic N) is 1. The van der Waals surface area contributed by atoms with Crippen LogP contribution in [0.3, 0.4) is 0 Å². The Kier molecular flexibility index (Phi) is 3.74. The second kappa shape index (κ2) is 5.54. The minimum absolute atomic E-state index is 0.285. The van der Waals surface area contributed by atoms with Crippen LogP contribution in [0.2, 0.25) is 5.02 Å². The molecule has 0 unspecified atom stereocenters. The molecular weight excluding hydrogens is 352 g/mol. The Morgan fingerprint density at radius 2 is 1.86 bits per heavy atom. The number of hydrogen-bond acceptors (Lipinski definition) is 3. The van der Waals surface area contributed by atoms with Gasteiger partial charge in [0.2, 0.25) is 5.88 Å². The van der Waals surface area contributed by atoms with Crippen molar-refractivity contribution in [2.24, 2.45) is 0 Å². The summed E-state index contributed by atoms with van der Waals surface area (Å²) in [7, 11) is 0. The maximum absolute atomic E-state index is 6.31. The van der Waals surface area contributed by atoms with Crippen LogP contribution in [0.25, 0.3) is 22.4 Å². The van der Waals surface area contributed by atoms with Gasteiger partial charge in [-0.1, -0.05) is 68.6 Å². The van der Waals surface area contributed by atoms with Gasteiger partial charge in [-0.2, -0.15) is 0 Å². The summed E-state index contributed by atoms with van der Waals surface area (Å²) in [5, 5.41) is 4.66. The molecule has 3 nitrogen and oxygen atoms in total. The van der Waals surface area contributed by atoms with Crippen molar-refractivity contribution >= 4 is 33.4 Å². The molecule has 2 aromatic carbocycles. The van der Waals surface area contributed by atoms with Crippen LogP contribution in [0.15, 0.2) is 51.5 Å². The third-order valence-electron chi connectivity index (χ3n) is 3.24. The van der Waals surface area contributed by atoms with Gasteiger partial charge >= 0.3 is 0 Å². The molecule has 0 spiro atoms. The molecule has 3 rings (SSSR count). The fourth-order valence-corrected chi connectivity index (χ4v) is 2.93. The maximum atomic E-state index is 6.31. The van der Waals surface area contributed by atoms with E-state index in [2.05, 4.69) is 21.1 Å². The van der Waals surface area contributed by atoms with Crippen LogP contribution >= 0.6 is 27.5 Å². The molecule has 0 amide bonds. The smallest absolute Gasteiger partial charge is 0.230 e. The molecule has 0 bridgehead atoms. The molecule has 0 fully saturated rings. The highest BCUT2D eigenvalue weighted by Gasteiger charge is 2.19. The van der Waals surface area contributed by atoms with Crippen LogP contribution in [-0.2, 0) is 0 Å². The number of hydrogen-bond donors (Lipinski definition) is 1. The molecule has 1 heterocycles. The van der Waals surface area contributed by atoms with E-state index in [1.165, 1.54) is 5.56 Å². The van der Waals surface area contributed by atoms with Crippen molar-refractivity contribution in [3.63, 3.8) is 0 Å². The Morgan fingerprint density at radius 3 is 2.52 bits per heavy atom. The van der Waals surface area contributed by atoms with Gasteiger partial charge < -0.3 is 10.3 Å². The zero-order chi connectivity index (χ0) is 15.0. The molecule has 0 radical (unpaired) electrons. The number of nitrogen functional groups attached to an aromatic ring is 1. The van der Waals surface area contributed by atoms with Gasteiger partial charge in [0.15, 0.2) is 0 Å². The summed E-state index contributed by atoms with van der Waals surface area (Å²) in [4.78, 5) is 0. The van der Waals surface area contributed by atoms with Gasteiger partial charge in [-0.15, -0.1) is 0 Å². The summed E-state index contributed by atoms with van der Waals surface area (Å²) in [6.07, 6.45) is 0. The first kappa shape index (κ1) is 14.2. The summed E-state index contributed by atoms with van der Waals surface area (Å²) < 4.78 is 6.08. The van der Waals surface area contributed by atoms with Gasteiger partial charge in [-0.05, 0) is 24.6 Å². The molecular formula is C16H12BrClN2O. The predicted octanol–water partition coefficient (Wildman–Crippen LogP) is 5.32. The summed E-state index contributed by atoms with van der Waals surface area (Å²) in [5.74, 6) is 0.285. The number of rotatable bonds is 2. The number of aryl methyl sites for hydroxylation is 1. The van der Waals surface area contributed by atoms with E-state index in [4.69, 9.17) is 21.9 Å². The van der Waals surface area contributed by atoms with Crippen molar-refractivity contribution in [3.8, 4) is 22.4 Å². The number of benzene rings is 2. The largest absolute Gasteiger partial charge is 0.367 e. The fraction of sp³-hybridized carbons (Fsp3) is 0.0625. The molecule has 1 aromatic heterocycles. The monoisotopic (exact) mass is 362 g/mol. The second-order valence-electron chi connectivity index (χ2n) is 4.76. The van der Waals surface area contributed by atoms with E-state index in [0.717, 1.165) is 21.2 Å². The molecule has 0 saturated carbocycles. The average molecular weight is 364 g/mol. The van der Waals surface area contributed by atoms with Gasteiger partial charge in [0.05, 0.1) is 10.6 Å². The Bertz CT molecular complexity index is 797. The van der Waals surface area contributed by atoms with E-state index >= 15 is 0 Å². The highest BCUT2D eigenvalue weighted by Crippen LogP contribution is 2.39. The third kappa shape index (κ3) is 2.69. The Morgan fingerprint density at radius 1 is 1.14 bits per heavy atom. The first-order chi connectivity index (χ1) is 10.1. The van der Waals surface area contributed by atoms with Crippen molar-refractivity contribution in [2.75, 3.05) is 5.73 Å². The lowest BCUT2D eigenvalue weighted by molar-refractivity contribution is 0.439. The first-order valence-corrected chi connectivity index (χ1v) is 7.51. The average Bonchev–Trinajstić information content (AvgIpc) is 2.82. The SMILES string of the molecule is Cc1ccc(-c2c(-c3ccc(Br)cc3Cl)noc2N)cc1. The highest BCUT2D eigenvalue weighted by molar-refractivity contribution is 9.10. The van der Waals surface area contributed by atoms with Crippen molar-refractivity contribution in [2.45, 2.75) is 6.92 Å². The first-order valence-electron chi connectivity index (χ1n) is 6.34. The van der Waals surface area contributed by atoms with E-state index in [1.807, 2.05) is 49.4 Å². The van der Waals surface area contributed by atoms with E-state index < -0.39 is 0 Å². The van der Waals surface area contributed by atoms with Crippen LogP contribution in [0.1, 0.15) is 5.56 Å². The molecule has 0 aliphatic rings. The van der Waals surface area contributed by atoms with Gasteiger partial charge in [-0.25, -0.2) is 0 Å². The molecule has 21 heavy (non-hydrogen) atoms. The molecule has 3 aromatic rings. The molecule has 0 aliphatic carbocycles. The Labute approximate surface area is 135 Å². The van der Waals surface area contributed by atoms with Gasteiger partial charge in [0.25, 0.3) is 0 Å². The standard InChI is InChI=1S/C16H12BrClN2O/c1-9-2-4-10(5-3-9)14-15(20-21-16(14)19)12-7-6-11(17)8-13(12)18/h2-8H,19H2,1H3. The predicted molar refractivity (Wildman–Crippen MR) is 89.2 cm³/mol. The lowest BCUT2D eigenvalue weighted by atomic mass is 10.00. The highest BCUT2D eigenvalue weighted by atomic mass is 79.9. The Balaban J connectivity index is 2.19. The minimum atomic E-state index is 0.285. The van der Waals surface area contributed by atoms with Gasteiger partial charge in [0, 0.05) is 10.0 Å². The van der Waals surface area contributed by atoms with Crippen molar-refractivity contribution < 1.29 is 4.52 Å². The van der Waals surface area contributed by atoms with Crippen LogP contribution in [0.5, 0.6) is 0 Å². The van der Waals surface area contributed by atoms with Crippen LogP contribution in [-0.4, -0.2) is 5.16 Å². The van der Waals surface area contributed by atoms with E-state index in [1.54, 1.807) is 0 Å². The summed E-state index contributed by atoms with van der Waals surface area (Å²) >= 11 is 9.70. The van der Waals surface area contributed by atoms with Crippen LogP contribution < -0.4 is 5.73 Å². The number of halogens is 2. The summed E-state index contributed by atoms with van der Waals surface area (Å²) in [6, 6.07) is 13.7. The topological polar surface area (TPSA) is 52.0 Å². The van der Waals surface area contributed by atoms with Gasteiger partial charge in [0.1, 0.15) is 5.69 Å². The number of anilines is 1. The lowest BCUT2D eigenvalue weighted by Gasteiger charge is -2.05. The van der Waals surface area contributed by atoms with Crippen molar-refractivity contribution in [1.82, 2.24) is 5.16 Å². The molecule has 0 atom stereocenters. The number of aromatic nitrogens is 1. The summed E-state index contributed by atoms with van der Waals surface area (Å²) in [6.45, 7) is 2.03. The maximum Gasteiger partial charge on any atom is 0.230 e. The Hall–Kier alpha value is -1.78. The molecule has 2 N–H and O–H groups in total. The van der Waals surface area contributed by atoms with E-state index in [-0.39, 0.29) is 5.88 Å². The zero-order valence-corrected chi connectivity index (χ0v) is 13.6. The molecule has 0 saturated heterocycles. The third-order valence-corrected chi connectivity index (χ3v) is 4.05. The minimum Gasteiger partial charge on any atom is -0.367 e. The van der Waals surface area contributed by atoms with E-state index in [0.29, 0.717) is 10.7 Å². The van der Waals surface area contributed by atoms with Crippen LogP contribution in [0.4, 0.5) is 5.88 Å². The summed E-state index contributed by atoms with van der Waals surface area (Å²) in [5.41, 5.74) is 10.3. The lowest BCUT2D eigenvalue weighted by Crippen LogP contribution is -1.88. The molecule has 0 aliphatic heterocycles. The molecule has 106 valence electrons. The van der Waals surface area contributed by atoms with E-state index in [9.17, 15) is 0 Å². The van der Waals surface area contributed by atoms with Crippen molar-refractivity contribution in [3.05, 3.63) is 57.5 Å². The van der Waals surface area contributed by atoms with Crippen molar-refractivity contribution in [1.29, 1.82) is 0 Å². The molecule has 5 heteroatoms. The van der Waals surface area contributed by atoms with Gasteiger partial charge in [-0.3, -0.25) is 0 Å². The normalized spacial score (nSPS) is 10.8. The second-order valence-corrected chi connectivity index (χ2v) is 6.08. The van der Waals surface area contributed by atoms with Crippen LogP contribution in [0, 0.1) is 6.92 Å².